The van der Waals surface area contributed by atoms with Crippen LogP contribution in [0.4, 0.5) is 5.82 Å². The van der Waals surface area contributed by atoms with Crippen molar-refractivity contribution in [3.8, 4) is 0 Å². The van der Waals surface area contributed by atoms with Crippen molar-refractivity contribution in [3.05, 3.63) is 17.6 Å². The van der Waals surface area contributed by atoms with Crippen LogP contribution in [0.3, 0.4) is 0 Å². The fourth-order valence-corrected chi connectivity index (χ4v) is 2.06. The molecule has 1 aliphatic heterocycles. The zero-order chi connectivity index (χ0) is 11.5. The minimum Gasteiger partial charge on any atom is -0.395 e. The van der Waals surface area contributed by atoms with Crippen LogP contribution >= 0.6 is 0 Å². The third-order valence-corrected chi connectivity index (χ3v) is 2.97. The molecule has 0 amide bonds. The third kappa shape index (κ3) is 2.15. The summed E-state index contributed by atoms with van der Waals surface area (Å²) < 4.78 is 0. The number of hydrogen-bond acceptors (Lipinski definition) is 5. The van der Waals surface area contributed by atoms with Gasteiger partial charge in [-0.15, -0.1) is 0 Å². The van der Waals surface area contributed by atoms with Gasteiger partial charge in [0.1, 0.15) is 11.6 Å². The average Bonchev–Trinajstić information content (AvgIpc) is 2.23. The van der Waals surface area contributed by atoms with Crippen molar-refractivity contribution in [1.29, 1.82) is 0 Å². The summed E-state index contributed by atoms with van der Waals surface area (Å²) in [5.41, 5.74) is 1.05. The number of aliphatic hydroxyl groups excluding tert-OH is 1. The molecule has 2 rings (SSSR count). The van der Waals surface area contributed by atoms with Gasteiger partial charge in [-0.05, 0) is 13.3 Å². The molecule has 1 atom stereocenters. The molecule has 16 heavy (non-hydrogen) atoms. The first-order valence-electron chi connectivity index (χ1n) is 5.63. The van der Waals surface area contributed by atoms with Crippen molar-refractivity contribution in [2.24, 2.45) is 0 Å². The van der Waals surface area contributed by atoms with Gasteiger partial charge < -0.3 is 10.4 Å². The zero-order valence-corrected chi connectivity index (χ0v) is 9.77. The van der Waals surface area contributed by atoms with Gasteiger partial charge in [0.05, 0.1) is 18.3 Å². The molecule has 2 heterocycles. The molecule has 0 bridgehead atoms. The molecule has 1 fully saturated rings. The molecule has 0 aromatic carbocycles. The van der Waals surface area contributed by atoms with Crippen LogP contribution in [-0.2, 0) is 0 Å². The van der Waals surface area contributed by atoms with Gasteiger partial charge in [-0.3, -0.25) is 4.90 Å². The lowest BCUT2D eigenvalue weighted by Crippen LogP contribution is -2.42. The Morgan fingerprint density at radius 1 is 1.56 bits per heavy atom. The molecule has 0 aliphatic carbocycles. The second-order valence-corrected chi connectivity index (χ2v) is 4.04. The van der Waals surface area contributed by atoms with Crippen molar-refractivity contribution >= 4 is 5.82 Å². The second kappa shape index (κ2) is 4.76. The van der Waals surface area contributed by atoms with E-state index in [1.54, 1.807) is 0 Å². The SMILES string of the molecule is CNc1cc([C@H]2CCN2CCO)nc(C)n1. The highest BCUT2D eigenvalue weighted by molar-refractivity contribution is 5.36. The summed E-state index contributed by atoms with van der Waals surface area (Å²) in [6.45, 7) is 3.88. The number of aryl methyl sites for hydroxylation is 1. The summed E-state index contributed by atoms with van der Waals surface area (Å²) in [4.78, 5) is 11.0. The average molecular weight is 222 g/mol. The number of likely N-dealkylation sites (tertiary alicyclic amines) is 1. The maximum absolute atomic E-state index is 8.93. The largest absolute Gasteiger partial charge is 0.395 e. The Kier molecular flexibility index (Phi) is 3.36. The van der Waals surface area contributed by atoms with Gasteiger partial charge in [0.15, 0.2) is 0 Å². The first-order valence-corrected chi connectivity index (χ1v) is 5.63. The van der Waals surface area contributed by atoms with E-state index in [1.165, 1.54) is 0 Å². The minimum atomic E-state index is 0.208. The van der Waals surface area contributed by atoms with E-state index in [9.17, 15) is 0 Å². The number of hydrogen-bond donors (Lipinski definition) is 2. The lowest BCUT2D eigenvalue weighted by Gasteiger charge is -2.40. The first kappa shape index (κ1) is 11.3. The van der Waals surface area contributed by atoms with Crippen molar-refractivity contribution in [2.75, 3.05) is 32.1 Å². The van der Waals surface area contributed by atoms with Crippen LogP contribution in [0, 0.1) is 6.92 Å². The highest BCUT2D eigenvalue weighted by Crippen LogP contribution is 2.32. The number of aliphatic hydroxyl groups is 1. The van der Waals surface area contributed by atoms with Crippen LogP contribution in [0.5, 0.6) is 0 Å². The molecule has 88 valence electrons. The molecule has 0 saturated carbocycles. The van der Waals surface area contributed by atoms with Crippen LogP contribution in [0.25, 0.3) is 0 Å². The van der Waals surface area contributed by atoms with Crippen LogP contribution < -0.4 is 5.32 Å². The van der Waals surface area contributed by atoms with Crippen LogP contribution in [0.1, 0.15) is 24.0 Å². The van der Waals surface area contributed by atoms with Gasteiger partial charge in [-0.1, -0.05) is 0 Å². The lowest BCUT2D eigenvalue weighted by molar-refractivity contribution is 0.0653. The minimum absolute atomic E-state index is 0.208. The van der Waals surface area contributed by atoms with Crippen LogP contribution in [0.15, 0.2) is 6.07 Å². The van der Waals surface area contributed by atoms with Crippen molar-refractivity contribution in [2.45, 2.75) is 19.4 Å². The van der Waals surface area contributed by atoms with Gasteiger partial charge in [0, 0.05) is 26.2 Å². The van der Waals surface area contributed by atoms with Gasteiger partial charge in [0.25, 0.3) is 0 Å². The number of anilines is 1. The highest BCUT2D eigenvalue weighted by atomic mass is 16.3. The Hall–Kier alpha value is -1.20. The summed E-state index contributed by atoms with van der Waals surface area (Å²) in [5.74, 6) is 1.65. The van der Waals surface area contributed by atoms with Gasteiger partial charge in [0.2, 0.25) is 0 Å². The Balaban J connectivity index is 2.17. The quantitative estimate of drug-likeness (QED) is 0.779. The highest BCUT2D eigenvalue weighted by Gasteiger charge is 2.30. The number of nitrogens with zero attached hydrogens (tertiary/aromatic N) is 3. The maximum Gasteiger partial charge on any atom is 0.129 e. The number of β-amino-alcohol motifs (C(OH)–C–C–N with tert-alkyl or cyclic N) is 1. The van der Waals surface area contributed by atoms with E-state index < -0.39 is 0 Å². The molecule has 5 nitrogen and oxygen atoms in total. The molecule has 0 spiro atoms. The van der Waals surface area contributed by atoms with Crippen LogP contribution in [0.2, 0.25) is 0 Å². The van der Waals surface area contributed by atoms with Gasteiger partial charge in [-0.25, -0.2) is 9.97 Å². The maximum atomic E-state index is 8.93. The van der Waals surface area contributed by atoms with E-state index in [2.05, 4.69) is 20.2 Å². The van der Waals surface area contributed by atoms with Crippen LogP contribution in [-0.4, -0.2) is 46.7 Å². The number of rotatable bonds is 4. The van der Waals surface area contributed by atoms with Gasteiger partial charge in [-0.2, -0.15) is 0 Å². The van der Waals surface area contributed by atoms with E-state index >= 15 is 0 Å². The topological polar surface area (TPSA) is 61.3 Å². The lowest BCUT2D eigenvalue weighted by atomic mass is 9.99. The molecule has 1 aromatic heterocycles. The Morgan fingerprint density at radius 3 is 2.94 bits per heavy atom. The molecule has 5 heteroatoms. The van der Waals surface area contributed by atoms with E-state index in [4.69, 9.17) is 5.11 Å². The predicted molar refractivity (Wildman–Crippen MR) is 62.3 cm³/mol. The molecule has 1 aromatic rings. The van der Waals surface area contributed by atoms with E-state index in [-0.39, 0.29) is 6.61 Å². The fraction of sp³-hybridized carbons (Fsp3) is 0.636. The Labute approximate surface area is 95.5 Å². The molecule has 1 saturated heterocycles. The Bertz CT molecular complexity index is 369. The summed E-state index contributed by atoms with van der Waals surface area (Å²) in [6.07, 6.45) is 1.11. The smallest absolute Gasteiger partial charge is 0.129 e. The molecule has 0 radical (unpaired) electrons. The molecule has 2 N–H and O–H groups in total. The molecular formula is C11H18N4O. The second-order valence-electron chi connectivity index (χ2n) is 4.04. The summed E-state index contributed by atoms with van der Waals surface area (Å²) in [7, 11) is 1.86. The first-order chi connectivity index (χ1) is 7.74. The van der Waals surface area contributed by atoms with E-state index in [0.29, 0.717) is 6.04 Å². The Morgan fingerprint density at radius 2 is 2.38 bits per heavy atom. The van der Waals surface area contributed by atoms with Crippen molar-refractivity contribution < 1.29 is 5.11 Å². The normalized spacial score (nSPS) is 20.6. The molecular weight excluding hydrogens is 204 g/mol. The predicted octanol–water partition coefficient (Wildman–Crippen LogP) is 0.566. The summed E-state index contributed by atoms with van der Waals surface area (Å²) in [5, 5.41) is 12.0. The summed E-state index contributed by atoms with van der Waals surface area (Å²) in [6, 6.07) is 2.34. The molecule has 1 aliphatic rings. The van der Waals surface area contributed by atoms with Gasteiger partial charge >= 0.3 is 0 Å². The number of nitrogens with one attached hydrogen (secondary N) is 1. The zero-order valence-electron chi connectivity index (χ0n) is 9.77. The molecule has 0 unspecified atom stereocenters. The fourth-order valence-electron chi connectivity index (χ4n) is 2.06. The monoisotopic (exact) mass is 222 g/mol. The van der Waals surface area contributed by atoms with E-state index in [0.717, 1.165) is 36.8 Å². The summed E-state index contributed by atoms with van der Waals surface area (Å²) >= 11 is 0. The number of aromatic nitrogens is 2. The van der Waals surface area contributed by atoms with Crippen molar-refractivity contribution in [1.82, 2.24) is 14.9 Å². The third-order valence-electron chi connectivity index (χ3n) is 2.97. The standard InChI is InChI=1S/C11H18N4O/c1-8-13-9(7-11(12-2)14-8)10-3-4-15(10)5-6-16/h7,10,16H,3-6H2,1-2H3,(H,12,13,14)/t10-/m1/s1. The van der Waals surface area contributed by atoms with E-state index in [1.807, 2.05) is 20.0 Å². The van der Waals surface area contributed by atoms with Crippen molar-refractivity contribution in [3.63, 3.8) is 0 Å².